The molecule has 1 atom stereocenters. The summed E-state index contributed by atoms with van der Waals surface area (Å²) in [5.74, 6) is -0.0689. The second-order valence-electron chi connectivity index (χ2n) is 6.69. The Balaban J connectivity index is 1.57. The topological polar surface area (TPSA) is 46.9 Å². The van der Waals surface area contributed by atoms with Gasteiger partial charge >= 0.3 is 0 Å². The van der Waals surface area contributed by atoms with E-state index in [1.807, 2.05) is 0 Å². The van der Waals surface area contributed by atoms with E-state index in [9.17, 15) is 4.79 Å². The summed E-state index contributed by atoms with van der Waals surface area (Å²) in [6.45, 7) is 2.11. The van der Waals surface area contributed by atoms with Crippen molar-refractivity contribution in [2.24, 2.45) is 7.05 Å². The molecular weight excluding hydrogens is 310 g/mol. The van der Waals surface area contributed by atoms with Gasteiger partial charge in [-0.15, -0.1) is 0 Å². The zero-order chi connectivity index (χ0) is 17.4. The lowest BCUT2D eigenvalue weighted by atomic mass is 9.98. The van der Waals surface area contributed by atoms with Crippen molar-refractivity contribution >= 4 is 5.91 Å². The standard InChI is InChI=1S/C21H21N3O/c1-14-4-3-5-15(12-14)16-6-8-18-17(13-16)7-9-19(18)23-21(25)20-10-11-22-24(20)2/h3-6,8,10-13,19H,7,9H2,1-2H3,(H,23,25)/t19-/m1/s1. The van der Waals surface area contributed by atoms with E-state index >= 15 is 0 Å². The summed E-state index contributed by atoms with van der Waals surface area (Å²) in [6.07, 6.45) is 3.58. The van der Waals surface area contributed by atoms with Gasteiger partial charge in [-0.2, -0.15) is 5.10 Å². The number of rotatable bonds is 3. The van der Waals surface area contributed by atoms with Crippen LogP contribution in [-0.2, 0) is 13.5 Å². The lowest BCUT2D eigenvalue weighted by molar-refractivity contribution is 0.0927. The highest BCUT2D eigenvalue weighted by atomic mass is 16.2. The van der Waals surface area contributed by atoms with Gasteiger partial charge in [0, 0.05) is 13.2 Å². The number of aromatic nitrogens is 2. The molecule has 4 nitrogen and oxygen atoms in total. The fourth-order valence-electron chi connectivity index (χ4n) is 3.60. The van der Waals surface area contributed by atoms with Crippen molar-refractivity contribution < 1.29 is 4.79 Å². The van der Waals surface area contributed by atoms with Gasteiger partial charge in [0.25, 0.3) is 5.91 Å². The molecule has 0 saturated heterocycles. The minimum absolute atomic E-state index is 0.0689. The van der Waals surface area contributed by atoms with Gasteiger partial charge in [0.1, 0.15) is 5.69 Å². The molecule has 1 N–H and O–H groups in total. The molecule has 3 aromatic rings. The summed E-state index contributed by atoms with van der Waals surface area (Å²) in [5.41, 5.74) is 6.89. The van der Waals surface area contributed by atoms with E-state index in [0.717, 1.165) is 12.8 Å². The van der Waals surface area contributed by atoms with Crippen LogP contribution < -0.4 is 5.32 Å². The largest absolute Gasteiger partial charge is 0.344 e. The second-order valence-corrected chi connectivity index (χ2v) is 6.69. The number of benzene rings is 2. The van der Waals surface area contributed by atoms with Gasteiger partial charge in [-0.05, 0) is 48.1 Å². The van der Waals surface area contributed by atoms with Crippen molar-refractivity contribution in [3.8, 4) is 11.1 Å². The summed E-state index contributed by atoms with van der Waals surface area (Å²) in [5, 5.41) is 7.21. The summed E-state index contributed by atoms with van der Waals surface area (Å²) in [6, 6.07) is 17.0. The fourth-order valence-corrected chi connectivity index (χ4v) is 3.60. The number of carbonyl (C=O) groups is 1. The average Bonchev–Trinajstić information content (AvgIpc) is 3.21. The first-order valence-electron chi connectivity index (χ1n) is 8.60. The van der Waals surface area contributed by atoms with E-state index < -0.39 is 0 Å². The van der Waals surface area contributed by atoms with Crippen LogP contribution in [0.3, 0.4) is 0 Å². The van der Waals surface area contributed by atoms with Crippen molar-refractivity contribution in [3.05, 3.63) is 77.1 Å². The molecule has 126 valence electrons. The van der Waals surface area contributed by atoms with Crippen LogP contribution in [0.15, 0.2) is 54.7 Å². The Morgan fingerprint density at radius 1 is 1.16 bits per heavy atom. The molecule has 1 amide bonds. The number of amides is 1. The molecule has 0 aliphatic heterocycles. The Morgan fingerprint density at radius 2 is 2.00 bits per heavy atom. The van der Waals surface area contributed by atoms with Crippen LogP contribution in [0.1, 0.15) is 39.6 Å². The molecule has 0 radical (unpaired) electrons. The third-order valence-electron chi connectivity index (χ3n) is 4.93. The summed E-state index contributed by atoms with van der Waals surface area (Å²) in [4.78, 5) is 12.4. The maximum absolute atomic E-state index is 12.4. The third-order valence-corrected chi connectivity index (χ3v) is 4.93. The molecular formula is C21H21N3O. The van der Waals surface area contributed by atoms with Crippen LogP contribution in [0.5, 0.6) is 0 Å². The average molecular weight is 331 g/mol. The van der Waals surface area contributed by atoms with Gasteiger partial charge < -0.3 is 5.32 Å². The molecule has 1 aliphatic rings. The highest BCUT2D eigenvalue weighted by Gasteiger charge is 2.25. The number of hydrogen-bond acceptors (Lipinski definition) is 2. The molecule has 1 aliphatic carbocycles. The molecule has 1 heterocycles. The van der Waals surface area contributed by atoms with E-state index in [4.69, 9.17) is 0 Å². The van der Waals surface area contributed by atoms with Crippen molar-refractivity contribution in [2.45, 2.75) is 25.8 Å². The molecule has 25 heavy (non-hydrogen) atoms. The van der Waals surface area contributed by atoms with Gasteiger partial charge in [-0.25, -0.2) is 0 Å². The van der Waals surface area contributed by atoms with E-state index in [-0.39, 0.29) is 11.9 Å². The van der Waals surface area contributed by atoms with E-state index in [1.165, 1.54) is 27.8 Å². The van der Waals surface area contributed by atoms with Crippen molar-refractivity contribution in [2.75, 3.05) is 0 Å². The summed E-state index contributed by atoms with van der Waals surface area (Å²) >= 11 is 0. The highest BCUT2D eigenvalue weighted by molar-refractivity contribution is 5.92. The lowest BCUT2D eigenvalue weighted by Crippen LogP contribution is -2.28. The first-order valence-corrected chi connectivity index (χ1v) is 8.60. The molecule has 1 aromatic heterocycles. The summed E-state index contributed by atoms with van der Waals surface area (Å²) < 4.78 is 1.60. The molecule has 4 heteroatoms. The smallest absolute Gasteiger partial charge is 0.270 e. The second kappa shape index (κ2) is 6.20. The zero-order valence-electron chi connectivity index (χ0n) is 14.5. The van der Waals surface area contributed by atoms with Gasteiger partial charge in [0.15, 0.2) is 0 Å². The number of nitrogens with one attached hydrogen (secondary N) is 1. The van der Waals surface area contributed by atoms with Crippen LogP contribution in [0, 0.1) is 6.92 Å². The maximum atomic E-state index is 12.4. The Hall–Kier alpha value is -2.88. The van der Waals surface area contributed by atoms with Crippen LogP contribution in [-0.4, -0.2) is 15.7 Å². The van der Waals surface area contributed by atoms with Crippen LogP contribution in [0.2, 0.25) is 0 Å². The van der Waals surface area contributed by atoms with Crippen molar-refractivity contribution in [1.82, 2.24) is 15.1 Å². The molecule has 0 saturated carbocycles. The third kappa shape index (κ3) is 2.95. The fraction of sp³-hybridized carbons (Fsp3) is 0.238. The number of fused-ring (bicyclic) bond motifs is 1. The highest BCUT2D eigenvalue weighted by Crippen LogP contribution is 2.34. The van der Waals surface area contributed by atoms with E-state index in [2.05, 4.69) is 59.8 Å². The molecule has 0 unspecified atom stereocenters. The van der Waals surface area contributed by atoms with Crippen LogP contribution in [0.25, 0.3) is 11.1 Å². The molecule has 0 spiro atoms. The molecule has 2 aromatic carbocycles. The van der Waals surface area contributed by atoms with Crippen LogP contribution in [0.4, 0.5) is 0 Å². The summed E-state index contributed by atoms with van der Waals surface area (Å²) in [7, 11) is 1.78. The molecule has 0 fully saturated rings. The predicted molar refractivity (Wildman–Crippen MR) is 98.4 cm³/mol. The van der Waals surface area contributed by atoms with Crippen molar-refractivity contribution in [3.63, 3.8) is 0 Å². The van der Waals surface area contributed by atoms with Crippen LogP contribution >= 0.6 is 0 Å². The minimum Gasteiger partial charge on any atom is -0.344 e. The predicted octanol–water partition coefficient (Wildman–Crippen LogP) is 3.81. The van der Waals surface area contributed by atoms with Crippen molar-refractivity contribution in [1.29, 1.82) is 0 Å². The quantitative estimate of drug-likeness (QED) is 0.793. The molecule has 4 rings (SSSR count). The van der Waals surface area contributed by atoms with Gasteiger partial charge in [-0.1, -0.05) is 48.0 Å². The van der Waals surface area contributed by atoms with Gasteiger partial charge in [-0.3, -0.25) is 9.48 Å². The number of aryl methyl sites for hydroxylation is 3. The number of carbonyl (C=O) groups excluding carboxylic acids is 1. The minimum atomic E-state index is -0.0689. The normalized spacial score (nSPS) is 15.8. The Bertz CT molecular complexity index is 942. The Morgan fingerprint density at radius 3 is 2.76 bits per heavy atom. The SMILES string of the molecule is Cc1cccc(-c2ccc3c(c2)CC[C@H]3NC(=O)c2ccnn2C)c1. The van der Waals surface area contributed by atoms with Gasteiger partial charge in [0.2, 0.25) is 0 Å². The Labute approximate surface area is 147 Å². The van der Waals surface area contributed by atoms with Gasteiger partial charge in [0.05, 0.1) is 6.04 Å². The number of nitrogens with zero attached hydrogens (tertiary/aromatic N) is 2. The first-order chi connectivity index (χ1) is 12.1. The maximum Gasteiger partial charge on any atom is 0.270 e. The zero-order valence-corrected chi connectivity index (χ0v) is 14.5. The first kappa shape index (κ1) is 15.6. The monoisotopic (exact) mass is 331 g/mol. The van der Waals surface area contributed by atoms with E-state index in [1.54, 1.807) is 24.0 Å². The Kier molecular flexibility index (Phi) is 3.88. The lowest BCUT2D eigenvalue weighted by Gasteiger charge is -2.15. The molecule has 0 bridgehead atoms. The number of hydrogen-bond donors (Lipinski definition) is 1. The van der Waals surface area contributed by atoms with E-state index in [0.29, 0.717) is 5.69 Å².